The van der Waals surface area contributed by atoms with E-state index in [0.29, 0.717) is 12.1 Å². The van der Waals surface area contributed by atoms with Gasteiger partial charge in [-0.05, 0) is 12.1 Å². The van der Waals surface area contributed by atoms with E-state index in [1.165, 1.54) is 7.05 Å². The molecule has 0 atom stereocenters. The fraction of sp³-hybridized carbons (Fsp3) is 0.300. The molecule has 0 aliphatic heterocycles. The Hall–Kier alpha value is -2.12. The monoisotopic (exact) mass is 262 g/mol. The van der Waals surface area contributed by atoms with Gasteiger partial charge < -0.3 is 4.90 Å². The van der Waals surface area contributed by atoms with Crippen LogP contribution in [0.15, 0.2) is 18.2 Å². The molecule has 0 aromatic heterocycles. The van der Waals surface area contributed by atoms with Crippen molar-refractivity contribution in [1.82, 2.24) is 0 Å². The largest absolute Gasteiger partial charge is 0.416 e. The molecular formula is C10H9F3N2O3. The first-order chi connectivity index (χ1) is 8.14. The molecule has 1 aromatic rings. The molecule has 0 aliphatic carbocycles. The van der Waals surface area contributed by atoms with Crippen LogP contribution in [0.1, 0.15) is 12.5 Å². The van der Waals surface area contributed by atoms with Crippen LogP contribution < -0.4 is 4.90 Å². The molecule has 0 unspecified atom stereocenters. The fourth-order valence-electron chi connectivity index (χ4n) is 1.29. The molecule has 0 saturated heterocycles. The number of amides is 1. The second-order valence-corrected chi connectivity index (χ2v) is 3.54. The number of rotatable bonds is 2. The maximum absolute atomic E-state index is 12.5. The highest BCUT2D eigenvalue weighted by molar-refractivity contribution is 5.93. The second-order valence-electron chi connectivity index (χ2n) is 3.54. The lowest BCUT2D eigenvalue weighted by atomic mass is 10.1. The van der Waals surface area contributed by atoms with Crippen LogP contribution in [-0.2, 0) is 11.0 Å². The van der Waals surface area contributed by atoms with E-state index in [9.17, 15) is 28.1 Å². The van der Waals surface area contributed by atoms with Crippen LogP contribution in [0, 0.1) is 10.1 Å². The number of carbonyl (C=O) groups excluding carboxylic acids is 1. The highest BCUT2D eigenvalue weighted by Crippen LogP contribution is 2.36. The summed E-state index contributed by atoms with van der Waals surface area (Å²) in [6.45, 7) is 1.10. The molecule has 0 N–H and O–H groups in total. The average Bonchev–Trinajstić information content (AvgIpc) is 2.25. The van der Waals surface area contributed by atoms with Crippen molar-refractivity contribution in [2.24, 2.45) is 0 Å². The van der Waals surface area contributed by atoms with Crippen molar-refractivity contribution >= 4 is 17.3 Å². The highest BCUT2D eigenvalue weighted by atomic mass is 19.4. The zero-order chi connectivity index (χ0) is 14.1. The van der Waals surface area contributed by atoms with Crippen molar-refractivity contribution in [1.29, 1.82) is 0 Å². The van der Waals surface area contributed by atoms with Gasteiger partial charge in [-0.3, -0.25) is 14.9 Å². The number of nitro groups is 1. The Bertz CT molecular complexity index is 500. The maximum atomic E-state index is 12.5. The summed E-state index contributed by atoms with van der Waals surface area (Å²) in [5.41, 5.74) is -1.99. The number of nitro benzene ring substituents is 1. The van der Waals surface area contributed by atoms with Crippen LogP contribution >= 0.6 is 0 Å². The van der Waals surface area contributed by atoms with Gasteiger partial charge in [0, 0.05) is 20.0 Å². The third-order valence-electron chi connectivity index (χ3n) is 2.33. The third-order valence-corrected chi connectivity index (χ3v) is 2.33. The SMILES string of the molecule is CC(=O)N(C)c1cc(C(F)(F)F)ccc1[N+](=O)[O-]. The van der Waals surface area contributed by atoms with Crippen molar-refractivity contribution in [3.05, 3.63) is 33.9 Å². The molecule has 8 heteroatoms. The lowest BCUT2D eigenvalue weighted by Crippen LogP contribution is -2.24. The second kappa shape index (κ2) is 4.63. The number of hydrogen-bond donors (Lipinski definition) is 0. The van der Waals surface area contributed by atoms with Crippen molar-refractivity contribution in [3.63, 3.8) is 0 Å². The smallest absolute Gasteiger partial charge is 0.310 e. The van der Waals surface area contributed by atoms with Gasteiger partial charge in [0.15, 0.2) is 0 Å². The van der Waals surface area contributed by atoms with E-state index in [1.54, 1.807) is 0 Å². The quantitative estimate of drug-likeness (QED) is 0.607. The number of anilines is 1. The third kappa shape index (κ3) is 2.76. The lowest BCUT2D eigenvalue weighted by molar-refractivity contribution is -0.384. The van der Waals surface area contributed by atoms with Gasteiger partial charge in [0.05, 0.1) is 10.5 Å². The van der Waals surface area contributed by atoms with Gasteiger partial charge in [0.1, 0.15) is 5.69 Å². The molecule has 98 valence electrons. The van der Waals surface area contributed by atoms with E-state index in [1.807, 2.05) is 0 Å². The van der Waals surface area contributed by atoms with E-state index in [4.69, 9.17) is 0 Å². The van der Waals surface area contributed by atoms with E-state index in [0.717, 1.165) is 17.9 Å². The summed E-state index contributed by atoms with van der Waals surface area (Å²) in [4.78, 5) is 21.8. The molecule has 0 heterocycles. The highest BCUT2D eigenvalue weighted by Gasteiger charge is 2.33. The van der Waals surface area contributed by atoms with Crippen LogP contribution in [-0.4, -0.2) is 17.9 Å². The molecule has 18 heavy (non-hydrogen) atoms. The van der Waals surface area contributed by atoms with Gasteiger partial charge in [0.25, 0.3) is 5.69 Å². The molecule has 0 radical (unpaired) electrons. The van der Waals surface area contributed by atoms with Gasteiger partial charge in [-0.2, -0.15) is 13.2 Å². The van der Waals surface area contributed by atoms with Crippen LogP contribution in [0.4, 0.5) is 24.5 Å². The van der Waals surface area contributed by atoms with Crippen molar-refractivity contribution in [3.8, 4) is 0 Å². The van der Waals surface area contributed by atoms with Crippen molar-refractivity contribution in [2.75, 3.05) is 11.9 Å². The number of alkyl halides is 3. The van der Waals surface area contributed by atoms with Crippen molar-refractivity contribution < 1.29 is 22.9 Å². The Balaban J connectivity index is 3.42. The summed E-state index contributed by atoms with van der Waals surface area (Å²) < 4.78 is 37.5. The standard InChI is InChI=1S/C10H9F3N2O3/c1-6(16)14(2)9-5-7(10(11,12)13)3-4-8(9)15(17)18/h3-5H,1-2H3. The van der Waals surface area contributed by atoms with Gasteiger partial charge in [-0.1, -0.05) is 0 Å². The van der Waals surface area contributed by atoms with Crippen LogP contribution in [0.25, 0.3) is 0 Å². The molecule has 0 saturated carbocycles. The maximum Gasteiger partial charge on any atom is 0.416 e. The van der Waals surface area contributed by atoms with Crippen molar-refractivity contribution in [2.45, 2.75) is 13.1 Å². The first-order valence-corrected chi connectivity index (χ1v) is 4.74. The fourth-order valence-corrected chi connectivity index (χ4v) is 1.29. The molecule has 0 spiro atoms. The summed E-state index contributed by atoms with van der Waals surface area (Å²) in [6, 6.07) is 1.92. The summed E-state index contributed by atoms with van der Waals surface area (Å²) in [5, 5.41) is 10.7. The predicted molar refractivity (Wildman–Crippen MR) is 57.2 cm³/mol. The van der Waals surface area contributed by atoms with E-state index >= 15 is 0 Å². The molecule has 1 rings (SSSR count). The van der Waals surface area contributed by atoms with E-state index in [-0.39, 0.29) is 5.69 Å². The minimum absolute atomic E-state index is 0.387. The molecule has 0 aliphatic rings. The first-order valence-electron chi connectivity index (χ1n) is 4.74. The topological polar surface area (TPSA) is 63.5 Å². The molecular weight excluding hydrogens is 253 g/mol. The summed E-state index contributed by atoms with van der Waals surface area (Å²) in [6.07, 6.45) is -4.62. The van der Waals surface area contributed by atoms with Gasteiger partial charge in [-0.15, -0.1) is 0 Å². The number of benzene rings is 1. The molecule has 1 amide bonds. The Morgan fingerprint density at radius 1 is 1.39 bits per heavy atom. The lowest BCUT2D eigenvalue weighted by Gasteiger charge is -2.16. The van der Waals surface area contributed by atoms with E-state index in [2.05, 4.69) is 0 Å². The summed E-state index contributed by atoms with van der Waals surface area (Å²) in [7, 11) is 1.17. The zero-order valence-corrected chi connectivity index (χ0v) is 9.49. The molecule has 0 fully saturated rings. The molecule has 1 aromatic carbocycles. The number of nitrogens with zero attached hydrogens (tertiary/aromatic N) is 2. The Kier molecular flexibility index (Phi) is 3.59. The molecule has 0 bridgehead atoms. The predicted octanol–water partition coefficient (Wildman–Crippen LogP) is 2.60. The summed E-state index contributed by atoms with van der Waals surface area (Å²) in [5.74, 6) is -0.600. The van der Waals surface area contributed by atoms with E-state index < -0.39 is 28.3 Å². The Labute approximate surface area is 100.0 Å². The normalized spacial score (nSPS) is 11.2. The minimum Gasteiger partial charge on any atom is -0.310 e. The van der Waals surface area contributed by atoms with Gasteiger partial charge >= 0.3 is 6.18 Å². The molecule has 5 nitrogen and oxygen atoms in total. The number of carbonyl (C=O) groups is 1. The van der Waals surface area contributed by atoms with Crippen LogP contribution in [0.2, 0.25) is 0 Å². The first kappa shape index (κ1) is 13.9. The zero-order valence-electron chi connectivity index (χ0n) is 9.49. The number of hydrogen-bond acceptors (Lipinski definition) is 3. The van der Waals surface area contributed by atoms with Gasteiger partial charge in [0.2, 0.25) is 5.91 Å². The average molecular weight is 262 g/mol. The minimum atomic E-state index is -4.62. The Morgan fingerprint density at radius 2 is 1.94 bits per heavy atom. The number of halogens is 3. The van der Waals surface area contributed by atoms with Gasteiger partial charge in [-0.25, -0.2) is 0 Å². The van der Waals surface area contributed by atoms with Crippen LogP contribution in [0.3, 0.4) is 0 Å². The Morgan fingerprint density at radius 3 is 2.33 bits per heavy atom. The van der Waals surface area contributed by atoms with Crippen LogP contribution in [0.5, 0.6) is 0 Å². The summed E-state index contributed by atoms with van der Waals surface area (Å²) >= 11 is 0.